The van der Waals surface area contributed by atoms with Gasteiger partial charge in [-0.15, -0.1) is 20.4 Å². The number of ether oxygens (including phenoxy) is 2. The van der Waals surface area contributed by atoms with E-state index < -0.39 is 0 Å². The number of carbonyl (C=O) groups excluding carboxylic acids is 1. The van der Waals surface area contributed by atoms with Crippen LogP contribution in [0.3, 0.4) is 0 Å². The third kappa shape index (κ3) is 6.28. The van der Waals surface area contributed by atoms with Crippen molar-refractivity contribution >= 4 is 39.8 Å². The van der Waals surface area contributed by atoms with E-state index in [1.54, 1.807) is 14.2 Å². The van der Waals surface area contributed by atoms with E-state index in [0.717, 1.165) is 34.3 Å². The first kappa shape index (κ1) is 24.5. The van der Waals surface area contributed by atoms with Crippen LogP contribution in [-0.4, -0.2) is 50.8 Å². The number of benzene rings is 2. The van der Waals surface area contributed by atoms with Crippen LogP contribution in [0.5, 0.6) is 11.5 Å². The van der Waals surface area contributed by atoms with E-state index in [9.17, 15) is 4.79 Å². The molecule has 0 atom stereocenters. The van der Waals surface area contributed by atoms with Gasteiger partial charge in [-0.2, -0.15) is 0 Å². The van der Waals surface area contributed by atoms with Gasteiger partial charge in [0.15, 0.2) is 11.0 Å². The number of hydrogen-bond acceptors (Lipinski definition) is 10. The molecule has 0 unspecified atom stereocenters. The van der Waals surface area contributed by atoms with Gasteiger partial charge in [0, 0.05) is 11.4 Å². The monoisotopic (exact) mass is 511 g/mol. The molecule has 1 amide bonds. The lowest BCUT2D eigenvalue weighted by Gasteiger charge is -2.12. The quantitative estimate of drug-likeness (QED) is 0.288. The Morgan fingerprint density at radius 1 is 0.971 bits per heavy atom. The summed E-state index contributed by atoms with van der Waals surface area (Å²) in [5.41, 5.74) is 1.79. The van der Waals surface area contributed by atoms with Crippen molar-refractivity contribution in [3.8, 4) is 17.2 Å². The zero-order chi connectivity index (χ0) is 24.6. The van der Waals surface area contributed by atoms with Crippen LogP contribution in [-0.2, 0) is 17.8 Å². The normalized spacial score (nSPS) is 10.7. The summed E-state index contributed by atoms with van der Waals surface area (Å²) < 4.78 is 12.4. The Kier molecular flexibility index (Phi) is 8.16. The minimum absolute atomic E-state index is 0.154. The number of nitrogens with zero attached hydrogens (tertiary/aromatic N) is 5. The minimum atomic E-state index is -0.184. The molecule has 12 heteroatoms. The van der Waals surface area contributed by atoms with Crippen LogP contribution in [0.2, 0.25) is 0 Å². The summed E-state index contributed by atoms with van der Waals surface area (Å²) in [6.45, 7) is 2.43. The number of aromatic nitrogens is 5. The highest BCUT2D eigenvalue weighted by Crippen LogP contribution is 2.25. The van der Waals surface area contributed by atoms with E-state index in [4.69, 9.17) is 9.47 Å². The summed E-state index contributed by atoms with van der Waals surface area (Å²) in [7, 11) is 3.26. The van der Waals surface area contributed by atoms with Crippen molar-refractivity contribution in [2.24, 2.45) is 0 Å². The molecule has 2 N–H and O–H groups in total. The Balaban J connectivity index is 1.50. The molecule has 10 nitrogen and oxygen atoms in total. The van der Waals surface area contributed by atoms with Gasteiger partial charge in [0.2, 0.25) is 11.0 Å². The first-order valence-corrected chi connectivity index (χ1v) is 12.6. The summed E-state index contributed by atoms with van der Waals surface area (Å²) in [5, 5.41) is 24.9. The van der Waals surface area contributed by atoms with Crippen molar-refractivity contribution in [3.05, 3.63) is 59.4 Å². The van der Waals surface area contributed by atoms with E-state index in [-0.39, 0.29) is 11.7 Å². The van der Waals surface area contributed by atoms with Gasteiger partial charge in [0.1, 0.15) is 16.5 Å². The van der Waals surface area contributed by atoms with Crippen LogP contribution in [0.25, 0.3) is 5.69 Å². The number of anilines is 2. The van der Waals surface area contributed by atoms with Gasteiger partial charge in [-0.05, 0) is 55.0 Å². The Morgan fingerprint density at radius 2 is 1.66 bits per heavy atom. The number of carbonyl (C=O) groups is 1. The van der Waals surface area contributed by atoms with E-state index in [1.165, 1.54) is 23.1 Å². The Morgan fingerprint density at radius 3 is 2.29 bits per heavy atom. The molecule has 2 aromatic carbocycles. The third-order valence-corrected chi connectivity index (χ3v) is 6.83. The zero-order valence-electron chi connectivity index (χ0n) is 19.5. The average molecular weight is 512 g/mol. The van der Waals surface area contributed by atoms with Crippen molar-refractivity contribution in [3.63, 3.8) is 0 Å². The number of nitrogens with one attached hydrogen (secondary N) is 2. The van der Waals surface area contributed by atoms with Crippen molar-refractivity contribution in [2.75, 3.05) is 30.6 Å². The lowest BCUT2D eigenvalue weighted by atomic mass is 10.3. The van der Waals surface area contributed by atoms with Gasteiger partial charge in [0.05, 0.1) is 26.5 Å². The molecule has 2 heterocycles. The second-order valence-electron chi connectivity index (χ2n) is 7.21. The van der Waals surface area contributed by atoms with Crippen LogP contribution in [0.4, 0.5) is 10.8 Å². The summed E-state index contributed by atoms with van der Waals surface area (Å²) >= 11 is 2.67. The Bertz CT molecular complexity index is 1260. The second kappa shape index (κ2) is 11.7. The molecule has 0 aliphatic heterocycles. The molecule has 0 aliphatic rings. The van der Waals surface area contributed by atoms with Gasteiger partial charge < -0.3 is 14.8 Å². The molecule has 35 heavy (non-hydrogen) atoms. The summed E-state index contributed by atoms with van der Waals surface area (Å²) in [4.78, 5) is 12.5. The first-order valence-electron chi connectivity index (χ1n) is 10.8. The zero-order valence-corrected chi connectivity index (χ0v) is 21.2. The maximum atomic E-state index is 12.5. The summed E-state index contributed by atoms with van der Waals surface area (Å²) in [6, 6.07) is 15.2. The average Bonchev–Trinajstić information content (AvgIpc) is 3.53. The van der Waals surface area contributed by atoms with Gasteiger partial charge in [-0.1, -0.05) is 30.0 Å². The molecule has 2 aromatic heterocycles. The second-order valence-corrected chi connectivity index (χ2v) is 9.21. The molecule has 182 valence electrons. The van der Waals surface area contributed by atoms with Crippen LogP contribution >= 0.6 is 23.1 Å². The van der Waals surface area contributed by atoms with Crippen molar-refractivity contribution in [2.45, 2.75) is 25.0 Å². The molecule has 0 aliphatic carbocycles. The first-order chi connectivity index (χ1) is 17.1. The summed E-state index contributed by atoms with van der Waals surface area (Å²) in [5.74, 6) is 2.20. The Labute approximate surface area is 211 Å². The highest BCUT2D eigenvalue weighted by Gasteiger charge is 2.17. The fourth-order valence-electron chi connectivity index (χ4n) is 3.12. The predicted octanol–water partition coefficient (Wildman–Crippen LogP) is 4.04. The number of rotatable bonds is 11. The minimum Gasteiger partial charge on any atom is -0.497 e. The van der Waals surface area contributed by atoms with Crippen LogP contribution in [0.1, 0.15) is 17.8 Å². The maximum Gasteiger partial charge on any atom is 0.236 e. The van der Waals surface area contributed by atoms with Gasteiger partial charge in [-0.25, -0.2) is 0 Å². The molecule has 0 spiro atoms. The Hall–Kier alpha value is -3.64. The largest absolute Gasteiger partial charge is 0.497 e. The van der Waals surface area contributed by atoms with E-state index in [2.05, 4.69) is 31.0 Å². The number of methoxy groups -OCH3 is 2. The fraction of sp³-hybridized carbons (Fsp3) is 0.261. The van der Waals surface area contributed by atoms with Crippen molar-refractivity contribution in [1.82, 2.24) is 25.0 Å². The molecule has 0 saturated heterocycles. The SMILES string of the molecule is CCc1nnc(NC(=O)CSc2nnc(CNc3ccc(OC)cc3)n2-c2ccc(OC)cc2)s1. The smallest absolute Gasteiger partial charge is 0.236 e. The lowest BCUT2D eigenvalue weighted by Crippen LogP contribution is -2.14. The molecule has 0 saturated carbocycles. The van der Waals surface area contributed by atoms with E-state index in [0.29, 0.717) is 22.7 Å². The number of aryl methyl sites for hydroxylation is 1. The highest BCUT2D eigenvalue weighted by molar-refractivity contribution is 7.99. The molecule has 0 fully saturated rings. The topological polar surface area (TPSA) is 116 Å². The molecule has 0 bridgehead atoms. The van der Waals surface area contributed by atoms with Gasteiger partial charge in [-0.3, -0.25) is 14.7 Å². The summed E-state index contributed by atoms with van der Waals surface area (Å²) in [6.07, 6.45) is 0.778. The lowest BCUT2D eigenvalue weighted by molar-refractivity contribution is -0.113. The van der Waals surface area contributed by atoms with Crippen molar-refractivity contribution in [1.29, 1.82) is 0 Å². The molecule has 4 aromatic rings. The van der Waals surface area contributed by atoms with Crippen LogP contribution in [0, 0.1) is 0 Å². The number of amides is 1. The van der Waals surface area contributed by atoms with Gasteiger partial charge in [0.25, 0.3) is 0 Å². The predicted molar refractivity (Wildman–Crippen MR) is 137 cm³/mol. The molecule has 4 rings (SSSR count). The number of thioether (sulfide) groups is 1. The van der Waals surface area contributed by atoms with Gasteiger partial charge >= 0.3 is 0 Å². The molecular formula is C23H25N7O3S2. The fourth-order valence-corrected chi connectivity index (χ4v) is 4.59. The molecule has 0 radical (unpaired) electrons. The van der Waals surface area contributed by atoms with Crippen molar-refractivity contribution < 1.29 is 14.3 Å². The van der Waals surface area contributed by atoms with E-state index >= 15 is 0 Å². The molecular weight excluding hydrogens is 486 g/mol. The standard InChI is InChI=1S/C23H25N7O3S2/c1-4-21-27-28-22(35-21)25-20(31)14-34-23-29-26-19(13-24-15-5-9-17(32-2)10-6-15)30(23)16-7-11-18(33-3)12-8-16/h5-12,24H,4,13-14H2,1-3H3,(H,25,28,31). The van der Waals surface area contributed by atoms with E-state index in [1.807, 2.05) is 60.0 Å². The van der Waals surface area contributed by atoms with Crippen LogP contribution < -0.4 is 20.1 Å². The number of hydrogen-bond donors (Lipinski definition) is 2. The maximum absolute atomic E-state index is 12.5. The highest BCUT2D eigenvalue weighted by atomic mass is 32.2. The van der Waals surface area contributed by atoms with Crippen LogP contribution in [0.15, 0.2) is 53.7 Å². The third-order valence-electron chi connectivity index (χ3n) is 4.92.